The Kier molecular flexibility index (Phi) is 1.22. The Balaban J connectivity index is 2.52. The van der Waals surface area contributed by atoms with Crippen molar-refractivity contribution in [1.29, 1.82) is 0 Å². The van der Waals surface area contributed by atoms with Gasteiger partial charge >= 0.3 is 5.97 Å². The highest BCUT2D eigenvalue weighted by Gasteiger charge is 2.49. The van der Waals surface area contributed by atoms with Crippen LogP contribution in [0.15, 0.2) is 0 Å². The van der Waals surface area contributed by atoms with Crippen molar-refractivity contribution in [3.05, 3.63) is 0 Å². The Morgan fingerprint density at radius 1 is 1.67 bits per heavy atom. The highest BCUT2D eigenvalue weighted by molar-refractivity contribution is 5.75. The molecule has 0 aromatic heterocycles. The number of carboxylic acids is 1. The lowest BCUT2D eigenvalue weighted by molar-refractivity contribution is -0.141. The second kappa shape index (κ2) is 1.68. The zero-order valence-corrected chi connectivity index (χ0v) is 4.87. The van der Waals surface area contributed by atoms with E-state index in [1.807, 2.05) is 0 Å². The van der Waals surface area contributed by atoms with E-state index in [0.29, 0.717) is 12.8 Å². The maximum absolute atomic E-state index is 10.1. The van der Waals surface area contributed by atoms with Gasteiger partial charge in [0.25, 0.3) is 0 Å². The van der Waals surface area contributed by atoms with E-state index in [-0.39, 0.29) is 0 Å². The second-order valence-electron chi connectivity index (χ2n) is 2.42. The predicted molar refractivity (Wildman–Crippen MR) is 29.8 cm³/mol. The zero-order valence-electron chi connectivity index (χ0n) is 4.87. The molecule has 4 heteroatoms. The number of carboxylic acid groups (broad SMARTS) is 1. The predicted octanol–water partition coefficient (Wildman–Crippen LogP) is -1.08. The fourth-order valence-corrected chi connectivity index (χ4v) is 0.669. The molecule has 0 unspecified atom stereocenters. The smallest absolute Gasteiger partial charge is 0.323 e. The van der Waals surface area contributed by atoms with E-state index in [2.05, 4.69) is 0 Å². The van der Waals surface area contributed by atoms with Crippen LogP contribution in [0.25, 0.3) is 0 Å². The van der Waals surface area contributed by atoms with Gasteiger partial charge in [-0.2, -0.15) is 0 Å². The van der Waals surface area contributed by atoms with E-state index in [1.54, 1.807) is 0 Å². The Labute approximate surface area is 52.3 Å². The lowest BCUT2D eigenvalue weighted by Gasteiger charge is -2.11. The molecule has 1 aliphatic rings. The number of hydrogen-bond donors (Lipinski definition) is 3. The molecule has 1 atom stereocenters. The Morgan fingerprint density at radius 2 is 2.11 bits per heavy atom. The summed E-state index contributed by atoms with van der Waals surface area (Å²) in [6, 6.07) is -1.10. The maximum Gasteiger partial charge on any atom is 0.323 e. The first-order valence-electron chi connectivity index (χ1n) is 2.77. The number of rotatable bonds is 2. The molecule has 0 saturated heterocycles. The minimum absolute atomic E-state index is 0.514. The van der Waals surface area contributed by atoms with Gasteiger partial charge in [-0.05, 0) is 12.8 Å². The summed E-state index contributed by atoms with van der Waals surface area (Å²) < 4.78 is 0. The number of carbonyl (C=O) groups is 1. The molecule has 1 saturated carbocycles. The Bertz CT molecular complexity index is 141. The van der Waals surface area contributed by atoms with Crippen molar-refractivity contribution < 1.29 is 15.0 Å². The quantitative estimate of drug-likeness (QED) is 0.445. The van der Waals surface area contributed by atoms with E-state index in [9.17, 15) is 4.79 Å². The number of nitrogens with two attached hydrogens (primary N) is 1. The number of hydrogen-bond acceptors (Lipinski definition) is 3. The van der Waals surface area contributed by atoms with Crippen LogP contribution >= 0.6 is 0 Å². The van der Waals surface area contributed by atoms with Gasteiger partial charge in [-0.3, -0.25) is 4.79 Å². The van der Waals surface area contributed by atoms with Crippen molar-refractivity contribution in [2.45, 2.75) is 24.5 Å². The fraction of sp³-hybridized carbons (Fsp3) is 0.800. The van der Waals surface area contributed by atoms with Crippen LogP contribution in [0.2, 0.25) is 0 Å². The molecule has 0 aromatic carbocycles. The number of aliphatic carboxylic acids is 1. The zero-order chi connectivity index (χ0) is 7.07. The molecule has 0 amide bonds. The van der Waals surface area contributed by atoms with Gasteiger partial charge in [0.15, 0.2) is 0 Å². The third kappa shape index (κ3) is 1.04. The molecule has 0 aliphatic heterocycles. The lowest BCUT2D eigenvalue weighted by atomic mass is 10.1. The summed E-state index contributed by atoms with van der Waals surface area (Å²) in [6.45, 7) is 0. The normalized spacial score (nSPS) is 25.1. The maximum atomic E-state index is 10.1. The minimum atomic E-state index is -1.13. The highest BCUT2D eigenvalue weighted by atomic mass is 16.4. The SMILES string of the molecule is N[C@@H](C(=O)O)C1(O)CC1. The molecule has 0 radical (unpaired) electrons. The van der Waals surface area contributed by atoms with Crippen molar-refractivity contribution in [1.82, 2.24) is 0 Å². The van der Waals surface area contributed by atoms with Gasteiger partial charge in [0.2, 0.25) is 0 Å². The van der Waals surface area contributed by atoms with Crippen molar-refractivity contribution >= 4 is 5.97 Å². The molecule has 0 heterocycles. The highest BCUT2D eigenvalue weighted by Crippen LogP contribution is 2.37. The Morgan fingerprint density at radius 3 is 2.22 bits per heavy atom. The molecule has 0 spiro atoms. The van der Waals surface area contributed by atoms with Crippen molar-refractivity contribution in [2.75, 3.05) is 0 Å². The van der Waals surface area contributed by atoms with Crippen LogP contribution in [-0.4, -0.2) is 27.8 Å². The summed E-state index contributed by atoms with van der Waals surface area (Å²) >= 11 is 0. The molecule has 1 rings (SSSR count). The van der Waals surface area contributed by atoms with Gasteiger partial charge in [-0.15, -0.1) is 0 Å². The topological polar surface area (TPSA) is 83.6 Å². The van der Waals surface area contributed by atoms with Crippen molar-refractivity contribution in [2.24, 2.45) is 5.73 Å². The molecular weight excluding hydrogens is 122 g/mol. The van der Waals surface area contributed by atoms with Gasteiger partial charge < -0.3 is 15.9 Å². The van der Waals surface area contributed by atoms with Crippen LogP contribution < -0.4 is 5.73 Å². The summed E-state index contributed by atoms with van der Waals surface area (Å²) in [5.41, 5.74) is 4.02. The average Bonchev–Trinajstić information content (AvgIpc) is 2.47. The first kappa shape index (κ1) is 6.51. The molecule has 0 aromatic rings. The molecule has 1 aliphatic carbocycles. The first-order valence-corrected chi connectivity index (χ1v) is 2.77. The van der Waals surface area contributed by atoms with Gasteiger partial charge in [-0.25, -0.2) is 0 Å². The molecule has 52 valence electrons. The van der Waals surface area contributed by atoms with Gasteiger partial charge in [-0.1, -0.05) is 0 Å². The largest absolute Gasteiger partial charge is 0.480 e. The van der Waals surface area contributed by atoms with E-state index < -0.39 is 17.6 Å². The van der Waals surface area contributed by atoms with E-state index >= 15 is 0 Å². The van der Waals surface area contributed by atoms with Gasteiger partial charge in [0.1, 0.15) is 6.04 Å². The third-order valence-electron chi connectivity index (χ3n) is 1.61. The van der Waals surface area contributed by atoms with Crippen LogP contribution in [0, 0.1) is 0 Å². The van der Waals surface area contributed by atoms with Gasteiger partial charge in [0.05, 0.1) is 5.60 Å². The van der Waals surface area contributed by atoms with Crippen LogP contribution in [0.1, 0.15) is 12.8 Å². The second-order valence-corrected chi connectivity index (χ2v) is 2.42. The van der Waals surface area contributed by atoms with Crippen molar-refractivity contribution in [3.63, 3.8) is 0 Å². The summed E-state index contributed by atoms with van der Waals surface area (Å²) in [7, 11) is 0. The number of aliphatic hydroxyl groups is 1. The molecule has 0 bridgehead atoms. The van der Waals surface area contributed by atoms with E-state index in [0.717, 1.165) is 0 Å². The average molecular weight is 131 g/mol. The van der Waals surface area contributed by atoms with E-state index in [1.165, 1.54) is 0 Å². The molecule has 4 nitrogen and oxygen atoms in total. The third-order valence-corrected chi connectivity index (χ3v) is 1.61. The van der Waals surface area contributed by atoms with Crippen LogP contribution in [0.4, 0.5) is 0 Å². The van der Waals surface area contributed by atoms with Crippen LogP contribution in [0.3, 0.4) is 0 Å². The molecule has 1 fully saturated rings. The molecule has 9 heavy (non-hydrogen) atoms. The van der Waals surface area contributed by atoms with Crippen LogP contribution in [0.5, 0.6) is 0 Å². The summed E-state index contributed by atoms with van der Waals surface area (Å²) in [4.78, 5) is 10.1. The van der Waals surface area contributed by atoms with Gasteiger partial charge in [0, 0.05) is 0 Å². The summed E-state index contributed by atoms with van der Waals surface area (Å²) in [5.74, 6) is -1.13. The lowest BCUT2D eigenvalue weighted by Crippen LogP contribution is -2.43. The summed E-state index contributed by atoms with van der Waals surface area (Å²) in [6.07, 6.45) is 1.03. The van der Waals surface area contributed by atoms with E-state index in [4.69, 9.17) is 15.9 Å². The minimum Gasteiger partial charge on any atom is -0.480 e. The first-order chi connectivity index (χ1) is 4.06. The fourth-order valence-electron chi connectivity index (χ4n) is 0.669. The Hall–Kier alpha value is -0.610. The van der Waals surface area contributed by atoms with Crippen LogP contribution in [-0.2, 0) is 4.79 Å². The summed E-state index contributed by atoms with van der Waals surface area (Å²) in [5, 5.41) is 17.3. The van der Waals surface area contributed by atoms with Crippen molar-refractivity contribution in [3.8, 4) is 0 Å². The molecular formula is C5H9NO3. The molecule has 4 N–H and O–H groups in total. The monoisotopic (exact) mass is 131 g/mol. The standard InChI is InChI=1S/C5H9NO3/c6-3(4(7)8)5(9)1-2-5/h3,9H,1-2,6H2,(H,7,8)/t3-/m0/s1.